The Bertz CT molecular complexity index is 329. The van der Waals surface area contributed by atoms with Crippen molar-refractivity contribution in [1.29, 1.82) is 0 Å². The Balaban J connectivity index is 2.15. The summed E-state index contributed by atoms with van der Waals surface area (Å²) in [4.78, 5) is 8.75. The summed E-state index contributed by atoms with van der Waals surface area (Å²) in [7, 11) is 0. The molecule has 6 heteroatoms. The van der Waals surface area contributed by atoms with Gasteiger partial charge in [-0.25, -0.2) is 4.21 Å². The van der Waals surface area contributed by atoms with E-state index in [9.17, 15) is 4.21 Å². The largest absolute Gasteiger partial charge is 0.396 e. The normalized spacial score (nSPS) is 12.9. The lowest BCUT2D eigenvalue weighted by Gasteiger charge is -1.96. The smallest absolute Gasteiger partial charge is 0.152 e. The molecule has 1 aromatic heterocycles. The van der Waals surface area contributed by atoms with Crippen LogP contribution in [0.15, 0.2) is 29.7 Å². The van der Waals surface area contributed by atoms with Crippen molar-refractivity contribution < 1.29 is 13.6 Å². The maximum atomic E-state index is 10.3. The van der Waals surface area contributed by atoms with Crippen LogP contribution in [0.25, 0.3) is 0 Å². The minimum atomic E-state index is -1.75. The summed E-state index contributed by atoms with van der Waals surface area (Å²) in [5.74, 6) is 0.213. The van der Waals surface area contributed by atoms with Crippen LogP contribution in [0.1, 0.15) is 12.0 Å². The van der Waals surface area contributed by atoms with Crippen LogP contribution in [-0.4, -0.2) is 32.3 Å². The van der Waals surface area contributed by atoms with Gasteiger partial charge in [0.1, 0.15) is 6.61 Å². The molecule has 0 amide bonds. The van der Waals surface area contributed by atoms with Crippen LogP contribution >= 0.6 is 0 Å². The zero-order valence-electron chi connectivity index (χ0n) is 8.07. The zero-order chi connectivity index (χ0) is 10.9. The Labute approximate surface area is 90.5 Å². The van der Waals surface area contributed by atoms with Crippen LogP contribution in [0.2, 0.25) is 0 Å². The predicted molar refractivity (Wildman–Crippen MR) is 58.0 cm³/mol. The molecule has 0 aromatic carbocycles. The van der Waals surface area contributed by atoms with E-state index in [1.165, 1.54) is 0 Å². The minimum Gasteiger partial charge on any atom is -0.396 e. The Hall–Kier alpha value is -1.27. The van der Waals surface area contributed by atoms with Crippen molar-refractivity contribution in [3.8, 4) is 0 Å². The lowest BCUT2D eigenvalue weighted by molar-refractivity contribution is 0.147. The van der Waals surface area contributed by atoms with Gasteiger partial charge in [0.2, 0.25) is 0 Å². The van der Waals surface area contributed by atoms with E-state index < -0.39 is 11.1 Å². The van der Waals surface area contributed by atoms with Crippen LogP contribution in [0.5, 0.6) is 0 Å². The highest BCUT2D eigenvalue weighted by atomic mass is 32.2. The molecule has 1 N–H and O–H groups in total. The standard InChI is InChI=1S/C9H12N2O3S/c12-15(13)7-1-6-14-11-8-9-2-4-10-5-3-9/h2-5,8H,1,6-7H2,(H,12,13). The Morgan fingerprint density at radius 3 is 2.93 bits per heavy atom. The quantitative estimate of drug-likeness (QED) is 0.342. The van der Waals surface area contributed by atoms with E-state index in [1.807, 2.05) is 0 Å². The zero-order valence-corrected chi connectivity index (χ0v) is 8.89. The van der Waals surface area contributed by atoms with Crippen LogP contribution < -0.4 is 0 Å². The van der Waals surface area contributed by atoms with E-state index >= 15 is 0 Å². The van der Waals surface area contributed by atoms with Gasteiger partial charge < -0.3 is 9.39 Å². The third-order valence-electron chi connectivity index (χ3n) is 1.54. The highest BCUT2D eigenvalue weighted by molar-refractivity contribution is 7.79. The molecule has 0 radical (unpaired) electrons. The molecule has 0 bridgehead atoms. The van der Waals surface area contributed by atoms with Gasteiger partial charge in [0.25, 0.3) is 0 Å². The molecule has 15 heavy (non-hydrogen) atoms. The third kappa shape index (κ3) is 5.92. The summed E-state index contributed by atoms with van der Waals surface area (Å²) >= 11 is -1.75. The van der Waals surface area contributed by atoms with Gasteiger partial charge in [0, 0.05) is 12.4 Å². The molecule has 1 heterocycles. The highest BCUT2D eigenvalue weighted by Crippen LogP contribution is 1.92. The molecule has 5 nitrogen and oxygen atoms in total. The fourth-order valence-corrected chi connectivity index (χ4v) is 1.21. The second kappa shape index (κ2) is 7.08. The molecule has 0 saturated carbocycles. The summed E-state index contributed by atoms with van der Waals surface area (Å²) < 4.78 is 18.7. The molecule has 82 valence electrons. The van der Waals surface area contributed by atoms with E-state index in [2.05, 4.69) is 10.1 Å². The Morgan fingerprint density at radius 2 is 2.27 bits per heavy atom. The third-order valence-corrected chi connectivity index (χ3v) is 2.17. The lowest BCUT2D eigenvalue weighted by Crippen LogP contribution is -1.99. The average Bonchev–Trinajstić information content (AvgIpc) is 2.24. The van der Waals surface area contributed by atoms with E-state index in [0.717, 1.165) is 5.56 Å². The average molecular weight is 228 g/mol. The van der Waals surface area contributed by atoms with Crippen molar-refractivity contribution in [2.45, 2.75) is 6.42 Å². The molecular formula is C9H12N2O3S. The van der Waals surface area contributed by atoms with Crippen molar-refractivity contribution in [3.05, 3.63) is 30.1 Å². The number of oxime groups is 1. The molecule has 1 unspecified atom stereocenters. The van der Waals surface area contributed by atoms with Gasteiger partial charge in [-0.1, -0.05) is 5.16 Å². The van der Waals surface area contributed by atoms with Crippen molar-refractivity contribution in [3.63, 3.8) is 0 Å². The van der Waals surface area contributed by atoms with E-state index in [1.54, 1.807) is 30.7 Å². The molecule has 1 aromatic rings. The lowest BCUT2D eigenvalue weighted by atomic mass is 10.3. The Morgan fingerprint density at radius 1 is 1.53 bits per heavy atom. The van der Waals surface area contributed by atoms with Gasteiger partial charge in [-0.2, -0.15) is 0 Å². The van der Waals surface area contributed by atoms with Gasteiger partial charge in [0.05, 0.1) is 12.0 Å². The topological polar surface area (TPSA) is 71.8 Å². The highest BCUT2D eigenvalue weighted by Gasteiger charge is 1.92. The second-order valence-corrected chi connectivity index (χ2v) is 3.78. The van der Waals surface area contributed by atoms with E-state index in [4.69, 9.17) is 9.39 Å². The SMILES string of the molecule is O=S(O)CCCON=Cc1ccncc1. The summed E-state index contributed by atoms with van der Waals surface area (Å²) in [6.07, 6.45) is 5.40. The number of rotatable bonds is 6. The molecule has 1 atom stereocenters. The van der Waals surface area contributed by atoms with E-state index in [-0.39, 0.29) is 5.75 Å². The van der Waals surface area contributed by atoms with E-state index in [0.29, 0.717) is 13.0 Å². The maximum Gasteiger partial charge on any atom is 0.152 e. The summed E-state index contributed by atoms with van der Waals surface area (Å²) in [6, 6.07) is 3.60. The van der Waals surface area contributed by atoms with Crippen LogP contribution in [0.4, 0.5) is 0 Å². The first-order valence-electron chi connectivity index (χ1n) is 4.42. The molecular weight excluding hydrogens is 216 g/mol. The van der Waals surface area contributed by atoms with Crippen molar-refractivity contribution in [2.24, 2.45) is 5.16 Å². The van der Waals surface area contributed by atoms with Gasteiger partial charge >= 0.3 is 0 Å². The molecule has 0 aliphatic carbocycles. The first-order valence-corrected chi connectivity index (χ1v) is 5.69. The number of hydrogen-bond acceptors (Lipinski definition) is 4. The fraction of sp³-hybridized carbons (Fsp3) is 0.333. The summed E-state index contributed by atoms with van der Waals surface area (Å²) in [5, 5.41) is 3.71. The van der Waals surface area contributed by atoms with Crippen LogP contribution in [0.3, 0.4) is 0 Å². The van der Waals surface area contributed by atoms with Crippen molar-refractivity contribution in [2.75, 3.05) is 12.4 Å². The molecule has 0 aliphatic heterocycles. The van der Waals surface area contributed by atoms with Gasteiger partial charge in [-0.15, -0.1) is 0 Å². The molecule has 0 saturated heterocycles. The van der Waals surface area contributed by atoms with Gasteiger partial charge in [-0.05, 0) is 24.1 Å². The number of pyridine rings is 1. The van der Waals surface area contributed by atoms with Crippen LogP contribution in [0, 0.1) is 0 Å². The molecule has 0 aliphatic rings. The minimum absolute atomic E-state index is 0.213. The number of hydrogen-bond donors (Lipinski definition) is 1. The first kappa shape index (κ1) is 11.8. The van der Waals surface area contributed by atoms with Crippen molar-refractivity contribution in [1.82, 2.24) is 4.98 Å². The molecule has 0 fully saturated rings. The second-order valence-electron chi connectivity index (χ2n) is 2.73. The fourth-order valence-electron chi connectivity index (χ4n) is 0.847. The Kier molecular flexibility index (Phi) is 5.57. The van der Waals surface area contributed by atoms with Crippen LogP contribution in [-0.2, 0) is 15.9 Å². The summed E-state index contributed by atoms with van der Waals surface area (Å²) in [6.45, 7) is 0.341. The van der Waals surface area contributed by atoms with Gasteiger partial charge in [0.15, 0.2) is 11.1 Å². The monoisotopic (exact) mass is 228 g/mol. The number of nitrogens with zero attached hydrogens (tertiary/aromatic N) is 2. The summed E-state index contributed by atoms with van der Waals surface area (Å²) in [5.41, 5.74) is 0.899. The predicted octanol–water partition coefficient (Wildman–Crippen LogP) is 1.04. The van der Waals surface area contributed by atoms with Crippen molar-refractivity contribution >= 4 is 17.3 Å². The maximum absolute atomic E-state index is 10.3. The molecule has 1 rings (SSSR count). The number of aromatic nitrogens is 1. The molecule has 0 spiro atoms. The van der Waals surface area contributed by atoms with Gasteiger partial charge in [-0.3, -0.25) is 4.98 Å². The first-order chi connectivity index (χ1) is 7.29.